The van der Waals surface area contributed by atoms with Crippen molar-refractivity contribution in [2.45, 2.75) is 13.5 Å². The Morgan fingerprint density at radius 3 is 2.40 bits per heavy atom. The summed E-state index contributed by atoms with van der Waals surface area (Å²) < 4.78 is 19.3. The maximum atomic E-state index is 13.6. The Morgan fingerprint density at radius 2 is 1.70 bits per heavy atom. The lowest BCUT2D eigenvalue weighted by molar-refractivity contribution is 0.0930. The number of nitrogens with one attached hydrogen (secondary N) is 3. The highest BCUT2D eigenvalue weighted by molar-refractivity contribution is 14.0. The number of ether oxygens (including phenoxy) is 1. The molecule has 1 unspecified atom stereocenters. The number of carbonyl (C=O) groups is 1. The second-order valence-corrected chi connectivity index (χ2v) is 6.72. The summed E-state index contributed by atoms with van der Waals surface area (Å²) in [6.07, 6.45) is 0. The van der Waals surface area contributed by atoms with Gasteiger partial charge in [0, 0.05) is 26.7 Å². The fraction of sp³-hybridized carbons (Fsp3) is 0.364. The summed E-state index contributed by atoms with van der Waals surface area (Å²) >= 11 is 0. The molecule has 0 aromatic heterocycles. The van der Waals surface area contributed by atoms with Crippen LogP contribution < -0.4 is 16.0 Å². The molecule has 2 aromatic rings. The first-order valence-electron chi connectivity index (χ1n) is 9.69. The fourth-order valence-corrected chi connectivity index (χ4v) is 2.60. The average molecular weight is 528 g/mol. The molecule has 0 saturated carbocycles. The van der Waals surface area contributed by atoms with Crippen molar-refractivity contribution in [2.75, 3.05) is 33.3 Å². The number of amides is 1. The van der Waals surface area contributed by atoms with Crippen LogP contribution in [0.3, 0.4) is 0 Å². The maximum Gasteiger partial charge on any atom is 0.254 e. The maximum absolute atomic E-state index is 13.6. The lowest BCUT2D eigenvalue weighted by Gasteiger charge is -2.16. The van der Waals surface area contributed by atoms with Gasteiger partial charge in [-0.05, 0) is 23.6 Å². The molecule has 0 bridgehead atoms. The molecule has 1 atom stereocenters. The van der Waals surface area contributed by atoms with Crippen LogP contribution in [0, 0.1) is 11.7 Å². The molecule has 8 heteroatoms. The minimum absolute atomic E-state index is 0. The van der Waals surface area contributed by atoms with Gasteiger partial charge in [0.25, 0.3) is 5.91 Å². The summed E-state index contributed by atoms with van der Waals surface area (Å²) in [5.41, 5.74) is 1.20. The molecular formula is C22H30FIN4O2. The molecule has 3 N–H and O–H groups in total. The lowest BCUT2D eigenvalue weighted by Crippen LogP contribution is -2.43. The molecule has 0 saturated heterocycles. The van der Waals surface area contributed by atoms with E-state index in [4.69, 9.17) is 4.74 Å². The van der Waals surface area contributed by atoms with Crippen LogP contribution in [0.5, 0.6) is 0 Å². The third-order valence-electron chi connectivity index (χ3n) is 4.18. The summed E-state index contributed by atoms with van der Waals surface area (Å²) in [4.78, 5) is 16.1. The summed E-state index contributed by atoms with van der Waals surface area (Å²) in [5, 5.41) is 9.03. The molecule has 0 aliphatic carbocycles. The highest BCUT2D eigenvalue weighted by Gasteiger charge is 2.10. The summed E-state index contributed by atoms with van der Waals surface area (Å²) in [5.74, 6) is -0.0194. The van der Waals surface area contributed by atoms with Gasteiger partial charge in [0.1, 0.15) is 5.82 Å². The van der Waals surface area contributed by atoms with Gasteiger partial charge >= 0.3 is 0 Å². The normalized spacial score (nSPS) is 11.9. The van der Waals surface area contributed by atoms with Gasteiger partial charge in [-0.25, -0.2) is 4.39 Å². The van der Waals surface area contributed by atoms with E-state index < -0.39 is 11.7 Å². The number of hydrogen-bond donors (Lipinski definition) is 3. The molecule has 0 heterocycles. The highest BCUT2D eigenvalue weighted by Crippen LogP contribution is 2.05. The van der Waals surface area contributed by atoms with Crippen LogP contribution in [-0.2, 0) is 11.3 Å². The van der Waals surface area contributed by atoms with Crippen molar-refractivity contribution in [3.8, 4) is 0 Å². The van der Waals surface area contributed by atoms with Crippen LogP contribution >= 0.6 is 24.0 Å². The van der Waals surface area contributed by atoms with Crippen LogP contribution in [0.15, 0.2) is 59.6 Å². The van der Waals surface area contributed by atoms with Crippen molar-refractivity contribution in [3.63, 3.8) is 0 Å². The Bertz CT molecular complexity index is 790. The Kier molecular flexibility index (Phi) is 12.7. The molecule has 0 aliphatic rings. The zero-order chi connectivity index (χ0) is 20.9. The van der Waals surface area contributed by atoms with Crippen LogP contribution in [0.4, 0.5) is 4.39 Å². The van der Waals surface area contributed by atoms with E-state index in [1.54, 1.807) is 19.2 Å². The molecule has 2 aromatic carbocycles. The van der Waals surface area contributed by atoms with Gasteiger partial charge in [0.05, 0.1) is 18.8 Å². The SMILES string of the molecule is CN=C(NCCNC(=O)c1ccccc1F)NCC(C)COCc1ccccc1.I. The van der Waals surface area contributed by atoms with Crippen molar-refractivity contribution in [2.24, 2.45) is 10.9 Å². The van der Waals surface area contributed by atoms with Crippen LogP contribution in [-0.4, -0.2) is 45.2 Å². The molecule has 0 fully saturated rings. The smallest absolute Gasteiger partial charge is 0.254 e. The van der Waals surface area contributed by atoms with E-state index in [2.05, 4.69) is 27.9 Å². The predicted molar refractivity (Wildman–Crippen MR) is 129 cm³/mol. The van der Waals surface area contributed by atoms with E-state index in [-0.39, 0.29) is 29.5 Å². The second kappa shape index (κ2) is 14.7. The van der Waals surface area contributed by atoms with Crippen LogP contribution in [0.25, 0.3) is 0 Å². The van der Waals surface area contributed by atoms with Crippen molar-refractivity contribution < 1.29 is 13.9 Å². The molecule has 0 spiro atoms. The first-order valence-corrected chi connectivity index (χ1v) is 9.69. The van der Waals surface area contributed by atoms with E-state index in [9.17, 15) is 9.18 Å². The molecule has 30 heavy (non-hydrogen) atoms. The number of aliphatic imine (C=N–C) groups is 1. The molecule has 164 valence electrons. The van der Waals surface area contributed by atoms with E-state index >= 15 is 0 Å². The Hall–Kier alpha value is -2.20. The van der Waals surface area contributed by atoms with Gasteiger partial charge in [0.15, 0.2) is 5.96 Å². The van der Waals surface area contributed by atoms with Crippen molar-refractivity contribution >= 4 is 35.8 Å². The van der Waals surface area contributed by atoms with Crippen molar-refractivity contribution in [3.05, 3.63) is 71.5 Å². The molecular weight excluding hydrogens is 498 g/mol. The van der Waals surface area contributed by atoms with E-state index in [0.717, 1.165) is 5.56 Å². The standard InChI is InChI=1S/C22H29FN4O2.HI/c1-17(15-29-16-18-8-4-3-5-9-18)14-27-22(24-2)26-13-12-25-21(28)19-10-6-7-11-20(19)23;/h3-11,17H,12-16H2,1-2H3,(H,25,28)(H2,24,26,27);1H. The number of guanidine groups is 1. The molecule has 1 amide bonds. The summed E-state index contributed by atoms with van der Waals surface area (Å²) in [6.45, 7) is 4.86. The summed E-state index contributed by atoms with van der Waals surface area (Å²) in [7, 11) is 1.68. The van der Waals surface area contributed by atoms with Gasteiger partial charge < -0.3 is 20.7 Å². The number of halogens is 2. The molecule has 0 aliphatic heterocycles. The number of rotatable bonds is 10. The molecule has 2 rings (SSSR count). The minimum Gasteiger partial charge on any atom is -0.376 e. The summed E-state index contributed by atoms with van der Waals surface area (Å²) in [6, 6.07) is 16.0. The van der Waals surface area contributed by atoms with Crippen LogP contribution in [0.1, 0.15) is 22.8 Å². The fourth-order valence-electron chi connectivity index (χ4n) is 2.60. The van der Waals surface area contributed by atoms with E-state index in [1.165, 1.54) is 12.1 Å². The first kappa shape index (κ1) is 25.8. The highest BCUT2D eigenvalue weighted by atomic mass is 127. The predicted octanol–water partition coefficient (Wildman–Crippen LogP) is 3.19. The van der Waals surface area contributed by atoms with Crippen molar-refractivity contribution in [1.29, 1.82) is 0 Å². The number of nitrogens with zero attached hydrogens (tertiary/aromatic N) is 1. The van der Waals surface area contributed by atoms with Gasteiger partial charge in [-0.3, -0.25) is 9.79 Å². The Balaban J connectivity index is 0.00000450. The number of benzene rings is 2. The Labute approximate surface area is 194 Å². The first-order chi connectivity index (χ1) is 14.1. The molecule has 6 nitrogen and oxygen atoms in total. The Morgan fingerprint density at radius 1 is 1.03 bits per heavy atom. The van der Waals surface area contributed by atoms with Crippen LogP contribution in [0.2, 0.25) is 0 Å². The monoisotopic (exact) mass is 528 g/mol. The lowest BCUT2D eigenvalue weighted by atomic mass is 10.2. The zero-order valence-corrected chi connectivity index (χ0v) is 19.7. The minimum atomic E-state index is -0.529. The third kappa shape index (κ3) is 9.53. The quantitative estimate of drug-likeness (QED) is 0.192. The largest absolute Gasteiger partial charge is 0.376 e. The van der Waals surface area contributed by atoms with Crippen molar-refractivity contribution in [1.82, 2.24) is 16.0 Å². The average Bonchev–Trinajstić information content (AvgIpc) is 2.74. The van der Waals surface area contributed by atoms with E-state index in [1.807, 2.05) is 30.3 Å². The second-order valence-electron chi connectivity index (χ2n) is 6.72. The number of hydrogen-bond acceptors (Lipinski definition) is 3. The third-order valence-corrected chi connectivity index (χ3v) is 4.18. The van der Waals surface area contributed by atoms with E-state index in [0.29, 0.717) is 44.7 Å². The molecule has 0 radical (unpaired) electrons. The van der Waals surface area contributed by atoms with Gasteiger partial charge in [-0.15, -0.1) is 24.0 Å². The van der Waals surface area contributed by atoms with Gasteiger partial charge in [0.2, 0.25) is 0 Å². The van der Waals surface area contributed by atoms with Gasteiger partial charge in [-0.2, -0.15) is 0 Å². The topological polar surface area (TPSA) is 74.8 Å². The van der Waals surface area contributed by atoms with Gasteiger partial charge in [-0.1, -0.05) is 49.4 Å². The zero-order valence-electron chi connectivity index (χ0n) is 17.4. The number of carbonyl (C=O) groups excluding carboxylic acids is 1.